The highest BCUT2D eigenvalue weighted by Gasteiger charge is 2.26. The fourth-order valence-electron chi connectivity index (χ4n) is 2.14. The van der Waals surface area contributed by atoms with Gasteiger partial charge in [0.15, 0.2) is 0 Å². The number of carbonyl (C=O) groups is 1. The molecule has 0 aromatic carbocycles. The number of aliphatic hydroxyl groups is 1. The van der Waals surface area contributed by atoms with Crippen molar-refractivity contribution in [3.05, 3.63) is 0 Å². The van der Waals surface area contributed by atoms with E-state index in [1.54, 1.807) is 0 Å². The largest absolute Gasteiger partial charge is 0.396 e. The molecule has 1 saturated heterocycles. The highest BCUT2D eigenvalue weighted by Crippen LogP contribution is 2.11. The first-order chi connectivity index (χ1) is 9.04. The molecule has 0 radical (unpaired) electrons. The zero-order valence-corrected chi connectivity index (χ0v) is 12.3. The maximum absolute atomic E-state index is 12.2. The lowest BCUT2D eigenvalue weighted by Gasteiger charge is -2.30. The summed E-state index contributed by atoms with van der Waals surface area (Å²) in [6.45, 7) is 8.17. The summed E-state index contributed by atoms with van der Waals surface area (Å²) in [6, 6.07) is 0.191. The molecule has 1 heterocycles. The summed E-state index contributed by atoms with van der Waals surface area (Å²) in [7, 11) is 0. The van der Waals surface area contributed by atoms with Crippen molar-refractivity contribution in [2.45, 2.75) is 45.7 Å². The van der Waals surface area contributed by atoms with E-state index in [1.807, 2.05) is 20.8 Å². The number of hydrogen-bond donors (Lipinski definition) is 3. The summed E-state index contributed by atoms with van der Waals surface area (Å²) in [5, 5.41) is 15.3. The first-order valence-corrected chi connectivity index (χ1v) is 7.27. The van der Waals surface area contributed by atoms with Gasteiger partial charge in [-0.1, -0.05) is 20.8 Å². The van der Waals surface area contributed by atoms with Crippen molar-refractivity contribution in [2.75, 3.05) is 26.4 Å². The molecule has 0 aliphatic carbocycles. The van der Waals surface area contributed by atoms with Crippen LogP contribution in [0.2, 0.25) is 0 Å². The van der Waals surface area contributed by atoms with E-state index in [-0.39, 0.29) is 30.4 Å². The molecule has 0 aromatic rings. The van der Waals surface area contributed by atoms with Gasteiger partial charge in [0.2, 0.25) is 5.91 Å². The monoisotopic (exact) mass is 272 g/mol. The Morgan fingerprint density at radius 1 is 1.32 bits per heavy atom. The summed E-state index contributed by atoms with van der Waals surface area (Å²) in [5.74, 6) is 0.369. The highest BCUT2D eigenvalue weighted by atomic mass is 16.5. The van der Waals surface area contributed by atoms with Crippen molar-refractivity contribution < 1.29 is 14.6 Å². The molecule has 0 spiro atoms. The van der Waals surface area contributed by atoms with Gasteiger partial charge in [-0.05, 0) is 24.7 Å². The lowest BCUT2D eigenvalue weighted by atomic mass is 9.99. The number of amides is 1. The summed E-state index contributed by atoms with van der Waals surface area (Å²) in [6.07, 6.45) is 1.92. The number of nitrogens with one attached hydrogen (secondary N) is 2. The predicted molar refractivity (Wildman–Crippen MR) is 74.9 cm³/mol. The van der Waals surface area contributed by atoms with Gasteiger partial charge in [0.25, 0.3) is 0 Å². The van der Waals surface area contributed by atoms with E-state index >= 15 is 0 Å². The molecule has 2 atom stereocenters. The van der Waals surface area contributed by atoms with Crippen molar-refractivity contribution in [2.24, 2.45) is 11.8 Å². The Morgan fingerprint density at radius 3 is 2.47 bits per heavy atom. The first kappa shape index (κ1) is 16.4. The Balaban J connectivity index is 2.43. The standard InChI is InChI=1S/C14H28N2O3/c1-10(2)13(14(18)15-8-11(3)9-17)16-12-4-6-19-7-5-12/h10-13,16-17H,4-9H2,1-3H3,(H,15,18). The summed E-state index contributed by atoms with van der Waals surface area (Å²) < 4.78 is 5.33. The molecule has 1 amide bonds. The number of hydrogen-bond acceptors (Lipinski definition) is 4. The van der Waals surface area contributed by atoms with Crippen LogP contribution < -0.4 is 10.6 Å². The smallest absolute Gasteiger partial charge is 0.237 e. The van der Waals surface area contributed by atoms with Crippen LogP contribution in [-0.4, -0.2) is 49.5 Å². The summed E-state index contributed by atoms with van der Waals surface area (Å²) in [4.78, 5) is 12.2. The average molecular weight is 272 g/mol. The second-order valence-electron chi connectivity index (χ2n) is 5.81. The lowest BCUT2D eigenvalue weighted by Crippen LogP contribution is -2.53. The molecular formula is C14H28N2O3. The molecule has 0 aromatic heterocycles. The molecule has 112 valence electrons. The van der Waals surface area contributed by atoms with Crippen molar-refractivity contribution >= 4 is 5.91 Å². The van der Waals surface area contributed by atoms with Crippen molar-refractivity contribution in [3.8, 4) is 0 Å². The third-order valence-corrected chi connectivity index (χ3v) is 3.52. The van der Waals surface area contributed by atoms with E-state index < -0.39 is 0 Å². The van der Waals surface area contributed by atoms with Crippen molar-refractivity contribution in [3.63, 3.8) is 0 Å². The second kappa shape index (κ2) is 8.51. The molecule has 5 nitrogen and oxygen atoms in total. The van der Waals surface area contributed by atoms with Crippen LogP contribution in [0.4, 0.5) is 0 Å². The Kier molecular flexibility index (Phi) is 7.34. The van der Waals surface area contributed by atoms with Crippen LogP contribution in [0.15, 0.2) is 0 Å². The Labute approximate surface area is 116 Å². The minimum absolute atomic E-state index is 0.0294. The molecule has 1 aliphatic rings. The Hall–Kier alpha value is -0.650. The number of ether oxygens (including phenoxy) is 1. The fraction of sp³-hybridized carbons (Fsp3) is 0.929. The minimum atomic E-state index is -0.172. The van der Waals surface area contributed by atoms with Crippen LogP contribution in [0.25, 0.3) is 0 Å². The summed E-state index contributed by atoms with van der Waals surface area (Å²) in [5.41, 5.74) is 0. The third kappa shape index (κ3) is 5.89. The minimum Gasteiger partial charge on any atom is -0.396 e. The molecule has 1 fully saturated rings. The number of aliphatic hydroxyl groups excluding tert-OH is 1. The molecule has 5 heteroatoms. The van der Waals surface area contributed by atoms with E-state index in [1.165, 1.54) is 0 Å². The molecule has 0 bridgehead atoms. The van der Waals surface area contributed by atoms with Crippen molar-refractivity contribution in [1.82, 2.24) is 10.6 Å². The van der Waals surface area contributed by atoms with Crippen LogP contribution in [0, 0.1) is 11.8 Å². The quantitative estimate of drug-likeness (QED) is 0.632. The highest BCUT2D eigenvalue weighted by molar-refractivity contribution is 5.82. The van der Waals surface area contributed by atoms with E-state index in [9.17, 15) is 4.79 Å². The van der Waals surface area contributed by atoms with E-state index in [0.29, 0.717) is 12.6 Å². The third-order valence-electron chi connectivity index (χ3n) is 3.52. The van der Waals surface area contributed by atoms with Crippen LogP contribution in [-0.2, 0) is 9.53 Å². The molecule has 0 saturated carbocycles. The molecule has 1 rings (SSSR count). The van der Waals surface area contributed by atoms with Crippen LogP contribution in [0.3, 0.4) is 0 Å². The van der Waals surface area contributed by atoms with Gasteiger partial charge in [-0.15, -0.1) is 0 Å². The van der Waals surface area contributed by atoms with Crippen LogP contribution >= 0.6 is 0 Å². The Morgan fingerprint density at radius 2 is 1.95 bits per heavy atom. The molecule has 19 heavy (non-hydrogen) atoms. The average Bonchev–Trinajstić information content (AvgIpc) is 2.42. The van der Waals surface area contributed by atoms with Gasteiger partial charge < -0.3 is 20.5 Å². The van der Waals surface area contributed by atoms with Crippen LogP contribution in [0.1, 0.15) is 33.6 Å². The van der Waals surface area contributed by atoms with Crippen molar-refractivity contribution in [1.29, 1.82) is 0 Å². The van der Waals surface area contributed by atoms with Gasteiger partial charge in [-0.2, -0.15) is 0 Å². The zero-order chi connectivity index (χ0) is 14.3. The van der Waals surface area contributed by atoms with E-state index in [0.717, 1.165) is 26.1 Å². The maximum Gasteiger partial charge on any atom is 0.237 e. The molecular weight excluding hydrogens is 244 g/mol. The van der Waals surface area contributed by atoms with Gasteiger partial charge in [0, 0.05) is 32.4 Å². The first-order valence-electron chi connectivity index (χ1n) is 7.27. The second-order valence-corrected chi connectivity index (χ2v) is 5.81. The predicted octanol–water partition coefficient (Wildman–Crippen LogP) is 0.524. The maximum atomic E-state index is 12.2. The van der Waals surface area contributed by atoms with Gasteiger partial charge in [0.05, 0.1) is 6.04 Å². The molecule has 2 unspecified atom stereocenters. The lowest BCUT2D eigenvalue weighted by molar-refractivity contribution is -0.124. The zero-order valence-electron chi connectivity index (χ0n) is 12.3. The SMILES string of the molecule is CC(CO)CNC(=O)C(NC1CCOCC1)C(C)C. The number of rotatable bonds is 7. The van der Waals surface area contributed by atoms with E-state index in [4.69, 9.17) is 9.84 Å². The molecule has 1 aliphatic heterocycles. The van der Waals surface area contributed by atoms with Gasteiger partial charge >= 0.3 is 0 Å². The van der Waals surface area contributed by atoms with Gasteiger partial charge in [-0.25, -0.2) is 0 Å². The molecule has 3 N–H and O–H groups in total. The summed E-state index contributed by atoms with van der Waals surface area (Å²) >= 11 is 0. The van der Waals surface area contributed by atoms with E-state index in [2.05, 4.69) is 10.6 Å². The fourth-order valence-corrected chi connectivity index (χ4v) is 2.14. The normalized spacial score (nSPS) is 20.3. The van der Waals surface area contributed by atoms with Gasteiger partial charge in [-0.3, -0.25) is 4.79 Å². The topological polar surface area (TPSA) is 70.6 Å². The number of carbonyl (C=O) groups excluding carboxylic acids is 1. The Bertz CT molecular complexity index is 265. The van der Waals surface area contributed by atoms with Crippen LogP contribution in [0.5, 0.6) is 0 Å². The van der Waals surface area contributed by atoms with Gasteiger partial charge in [0.1, 0.15) is 0 Å².